The van der Waals surface area contributed by atoms with E-state index in [0.717, 1.165) is 13.1 Å². The van der Waals surface area contributed by atoms with Gasteiger partial charge in [-0.2, -0.15) is 0 Å². The Kier molecular flexibility index (Phi) is 6.41. The van der Waals surface area contributed by atoms with Gasteiger partial charge >= 0.3 is 12.0 Å². The van der Waals surface area contributed by atoms with Crippen LogP contribution < -0.4 is 11.1 Å². The van der Waals surface area contributed by atoms with Gasteiger partial charge in [0.05, 0.1) is 0 Å². The molecule has 0 radical (unpaired) electrons. The van der Waals surface area contributed by atoms with Crippen LogP contribution in [0.5, 0.6) is 0 Å². The van der Waals surface area contributed by atoms with Crippen LogP contribution in [-0.2, 0) is 9.59 Å². The summed E-state index contributed by atoms with van der Waals surface area (Å²) in [4.78, 5) is 37.8. The highest BCUT2D eigenvalue weighted by Crippen LogP contribution is 2.09. The Labute approximate surface area is 124 Å². The molecular formula is C13H24N4O4. The monoisotopic (exact) mass is 300 g/mol. The fourth-order valence-corrected chi connectivity index (χ4v) is 2.43. The number of likely N-dealkylation sites (N-methyl/N-ethyl adjacent to an activating group) is 1. The summed E-state index contributed by atoms with van der Waals surface area (Å²) in [5.74, 6) is -1.74. The molecule has 0 spiro atoms. The maximum Gasteiger partial charge on any atom is 0.326 e. The molecule has 2 atom stereocenters. The lowest BCUT2D eigenvalue weighted by Crippen LogP contribution is -2.57. The van der Waals surface area contributed by atoms with Crippen molar-refractivity contribution < 1.29 is 19.5 Å². The predicted octanol–water partition coefficient (Wildman–Crippen LogP) is -0.559. The molecule has 8 nitrogen and oxygen atoms in total. The van der Waals surface area contributed by atoms with Gasteiger partial charge in [-0.15, -0.1) is 0 Å². The standard InChI is InChI=1S/C13H24N4O4/c1-3-16-6-7-17(8-9(16)2)13(21)15-10(12(19)20)4-5-11(14)18/h9-10H,3-8H2,1-2H3,(H2,14,18)(H,15,21)(H,19,20). The van der Waals surface area contributed by atoms with Crippen molar-refractivity contribution in [3.05, 3.63) is 0 Å². The topological polar surface area (TPSA) is 116 Å². The number of aliphatic carboxylic acids is 1. The van der Waals surface area contributed by atoms with Gasteiger partial charge in [-0.1, -0.05) is 6.92 Å². The smallest absolute Gasteiger partial charge is 0.326 e. The lowest BCUT2D eigenvalue weighted by molar-refractivity contribution is -0.139. The molecule has 1 aliphatic heterocycles. The summed E-state index contributed by atoms with van der Waals surface area (Å²) >= 11 is 0. The molecule has 1 fully saturated rings. The molecule has 0 aromatic carbocycles. The third-order valence-electron chi connectivity index (χ3n) is 3.73. The Hall–Kier alpha value is -1.83. The van der Waals surface area contributed by atoms with Gasteiger partial charge in [0.15, 0.2) is 0 Å². The molecule has 21 heavy (non-hydrogen) atoms. The van der Waals surface area contributed by atoms with Crippen LogP contribution in [-0.4, -0.2) is 71.1 Å². The molecule has 1 saturated heterocycles. The second-order valence-electron chi connectivity index (χ2n) is 5.27. The molecule has 1 heterocycles. The minimum absolute atomic E-state index is 0.000878. The summed E-state index contributed by atoms with van der Waals surface area (Å²) in [5.41, 5.74) is 5.00. The van der Waals surface area contributed by atoms with Crippen LogP contribution in [0.25, 0.3) is 0 Å². The van der Waals surface area contributed by atoms with Crippen LogP contribution in [0.3, 0.4) is 0 Å². The molecule has 0 aromatic rings. The normalized spacial score (nSPS) is 20.9. The number of hydrogen-bond donors (Lipinski definition) is 3. The largest absolute Gasteiger partial charge is 0.480 e. The average Bonchev–Trinajstić information content (AvgIpc) is 2.42. The lowest BCUT2D eigenvalue weighted by atomic mass is 10.1. The van der Waals surface area contributed by atoms with Crippen molar-refractivity contribution >= 4 is 17.9 Å². The number of carbonyl (C=O) groups is 3. The number of piperazine rings is 1. The van der Waals surface area contributed by atoms with E-state index in [-0.39, 0.29) is 18.9 Å². The van der Waals surface area contributed by atoms with E-state index in [1.54, 1.807) is 4.90 Å². The van der Waals surface area contributed by atoms with Crippen LogP contribution in [0.1, 0.15) is 26.7 Å². The zero-order valence-electron chi connectivity index (χ0n) is 12.5. The Morgan fingerprint density at radius 2 is 2.05 bits per heavy atom. The van der Waals surface area contributed by atoms with Gasteiger partial charge in [-0.25, -0.2) is 9.59 Å². The molecule has 1 aliphatic rings. The molecule has 0 aromatic heterocycles. The van der Waals surface area contributed by atoms with Gasteiger partial charge in [0, 0.05) is 32.1 Å². The van der Waals surface area contributed by atoms with Crippen molar-refractivity contribution in [1.29, 1.82) is 0 Å². The molecule has 1 rings (SSSR count). The Morgan fingerprint density at radius 3 is 2.52 bits per heavy atom. The SMILES string of the molecule is CCN1CCN(C(=O)NC(CCC(N)=O)C(=O)O)CC1C. The number of carbonyl (C=O) groups excluding carboxylic acids is 2. The molecule has 4 N–H and O–H groups in total. The van der Waals surface area contributed by atoms with Gasteiger partial charge in [0.25, 0.3) is 0 Å². The number of amides is 3. The maximum absolute atomic E-state index is 12.1. The van der Waals surface area contributed by atoms with Crippen LogP contribution in [0.4, 0.5) is 4.79 Å². The third kappa shape index (κ3) is 5.22. The van der Waals surface area contributed by atoms with Crippen LogP contribution in [0.15, 0.2) is 0 Å². The first-order valence-corrected chi connectivity index (χ1v) is 7.15. The fraction of sp³-hybridized carbons (Fsp3) is 0.769. The second kappa shape index (κ2) is 7.82. The van der Waals surface area contributed by atoms with Gasteiger partial charge in [0.1, 0.15) is 6.04 Å². The van der Waals surface area contributed by atoms with Crippen molar-refractivity contribution in [3.8, 4) is 0 Å². The minimum atomic E-state index is -1.16. The molecule has 120 valence electrons. The van der Waals surface area contributed by atoms with Crippen molar-refractivity contribution in [2.45, 2.75) is 38.8 Å². The first-order chi connectivity index (χ1) is 9.85. The number of carboxylic acids is 1. The van der Waals surface area contributed by atoms with E-state index in [1.165, 1.54) is 0 Å². The minimum Gasteiger partial charge on any atom is -0.480 e. The van der Waals surface area contributed by atoms with E-state index in [0.29, 0.717) is 13.1 Å². The summed E-state index contributed by atoms with van der Waals surface area (Å²) in [7, 11) is 0. The molecule has 3 amide bonds. The summed E-state index contributed by atoms with van der Waals surface area (Å²) in [6.07, 6.45) is -0.0713. The molecule has 2 unspecified atom stereocenters. The van der Waals surface area contributed by atoms with Crippen LogP contribution in [0, 0.1) is 0 Å². The highest BCUT2D eigenvalue weighted by Gasteiger charge is 2.28. The average molecular weight is 300 g/mol. The number of rotatable bonds is 6. The Bertz CT molecular complexity index is 402. The molecular weight excluding hydrogens is 276 g/mol. The van der Waals surface area contributed by atoms with E-state index >= 15 is 0 Å². The fourth-order valence-electron chi connectivity index (χ4n) is 2.43. The third-order valence-corrected chi connectivity index (χ3v) is 3.73. The summed E-state index contributed by atoms with van der Waals surface area (Å²) in [6.45, 7) is 6.91. The number of carboxylic acid groups (broad SMARTS) is 1. The van der Waals surface area contributed by atoms with E-state index in [4.69, 9.17) is 10.8 Å². The molecule has 0 bridgehead atoms. The highest BCUT2D eigenvalue weighted by atomic mass is 16.4. The van der Waals surface area contributed by atoms with Crippen LogP contribution >= 0.6 is 0 Å². The van der Waals surface area contributed by atoms with Crippen molar-refractivity contribution in [1.82, 2.24) is 15.1 Å². The summed E-state index contributed by atoms with van der Waals surface area (Å²) in [6, 6.07) is -1.26. The van der Waals surface area contributed by atoms with E-state index < -0.39 is 23.9 Å². The second-order valence-corrected chi connectivity index (χ2v) is 5.27. The quantitative estimate of drug-likeness (QED) is 0.608. The van der Waals surface area contributed by atoms with Gasteiger partial charge in [0.2, 0.25) is 5.91 Å². The number of urea groups is 1. The van der Waals surface area contributed by atoms with Crippen molar-refractivity contribution in [2.24, 2.45) is 5.73 Å². The van der Waals surface area contributed by atoms with Gasteiger partial charge < -0.3 is 21.1 Å². The lowest BCUT2D eigenvalue weighted by Gasteiger charge is -2.39. The van der Waals surface area contributed by atoms with Crippen LogP contribution in [0.2, 0.25) is 0 Å². The highest BCUT2D eigenvalue weighted by molar-refractivity contribution is 5.83. The van der Waals surface area contributed by atoms with Gasteiger partial charge in [-0.3, -0.25) is 9.69 Å². The summed E-state index contributed by atoms with van der Waals surface area (Å²) < 4.78 is 0. The van der Waals surface area contributed by atoms with E-state index in [1.807, 2.05) is 6.92 Å². The molecule has 8 heteroatoms. The van der Waals surface area contributed by atoms with Gasteiger partial charge in [-0.05, 0) is 19.9 Å². The first-order valence-electron chi connectivity index (χ1n) is 7.15. The molecule has 0 aliphatic carbocycles. The zero-order valence-corrected chi connectivity index (χ0v) is 12.5. The number of primary amides is 1. The first kappa shape index (κ1) is 17.2. The van der Waals surface area contributed by atoms with E-state index in [9.17, 15) is 14.4 Å². The number of nitrogens with two attached hydrogens (primary N) is 1. The Balaban J connectivity index is 2.53. The summed E-state index contributed by atoms with van der Waals surface area (Å²) in [5, 5.41) is 11.5. The van der Waals surface area contributed by atoms with E-state index in [2.05, 4.69) is 17.1 Å². The zero-order chi connectivity index (χ0) is 16.0. The maximum atomic E-state index is 12.1. The van der Waals surface area contributed by atoms with Crippen molar-refractivity contribution in [3.63, 3.8) is 0 Å². The molecule has 0 saturated carbocycles. The number of nitrogens with zero attached hydrogens (tertiary/aromatic N) is 2. The van der Waals surface area contributed by atoms with Crippen molar-refractivity contribution in [2.75, 3.05) is 26.2 Å². The number of nitrogens with one attached hydrogen (secondary N) is 1. The Morgan fingerprint density at radius 1 is 1.38 bits per heavy atom. The number of hydrogen-bond acceptors (Lipinski definition) is 4. The predicted molar refractivity (Wildman–Crippen MR) is 76.7 cm³/mol.